The maximum absolute atomic E-state index is 14.4. The first kappa shape index (κ1) is 13.9. The Kier molecular flexibility index (Phi) is 3.11. The molecule has 1 aliphatic carbocycles. The number of hydrogen-bond donors (Lipinski definition) is 1. The van der Waals surface area contributed by atoms with E-state index in [0.29, 0.717) is 5.65 Å². The van der Waals surface area contributed by atoms with Crippen LogP contribution in [0, 0.1) is 12.7 Å². The number of allylic oxidation sites excluding steroid dienone is 1. The second-order valence-corrected chi connectivity index (χ2v) is 5.77. The molecule has 0 amide bonds. The van der Waals surface area contributed by atoms with Crippen LogP contribution in [0.2, 0.25) is 0 Å². The highest BCUT2D eigenvalue weighted by atomic mass is 19.1. The molecule has 0 unspecified atom stereocenters. The summed E-state index contributed by atoms with van der Waals surface area (Å²) in [5, 5.41) is 0. The average Bonchev–Trinajstić information content (AvgIpc) is 2.78. The molecule has 3 heterocycles. The second-order valence-electron chi connectivity index (χ2n) is 5.77. The summed E-state index contributed by atoms with van der Waals surface area (Å²) in [7, 11) is 0. The van der Waals surface area contributed by atoms with Gasteiger partial charge in [0.05, 0.1) is 5.69 Å². The van der Waals surface area contributed by atoms with E-state index >= 15 is 0 Å². The van der Waals surface area contributed by atoms with Gasteiger partial charge in [-0.3, -0.25) is 0 Å². The van der Waals surface area contributed by atoms with Crippen LogP contribution >= 0.6 is 0 Å². The smallest absolute Gasteiger partial charge is 0.220 e. The Balaban J connectivity index is 1.94. The Hall–Kier alpha value is -2.76. The molecule has 2 N–H and O–H groups in total. The lowest BCUT2D eigenvalue weighted by molar-refractivity contribution is 0.629. The SMILES string of the molecule is Cc1cnc2c(F)cc(C3=CCCCc4nc(N)ncc43)cn12. The minimum atomic E-state index is -0.335. The van der Waals surface area contributed by atoms with E-state index in [-0.39, 0.29) is 11.8 Å². The first-order valence-corrected chi connectivity index (χ1v) is 7.59. The van der Waals surface area contributed by atoms with Gasteiger partial charge in [0.25, 0.3) is 0 Å². The van der Waals surface area contributed by atoms with Crippen molar-refractivity contribution >= 4 is 17.2 Å². The minimum absolute atomic E-state index is 0.275. The molecule has 0 aliphatic heterocycles. The lowest BCUT2D eigenvalue weighted by atomic mass is 9.99. The third kappa shape index (κ3) is 2.27. The number of hydrogen-bond acceptors (Lipinski definition) is 4. The van der Waals surface area contributed by atoms with Crippen molar-refractivity contribution in [3.05, 3.63) is 59.1 Å². The van der Waals surface area contributed by atoms with E-state index in [1.807, 2.05) is 13.1 Å². The molecule has 0 saturated heterocycles. The number of nitrogen functional groups attached to an aromatic ring is 1. The molecule has 0 saturated carbocycles. The molecule has 0 spiro atoms. The van der Waals surface area contributed by atoms with Gasteiger partial charge in [-0.1, -0.05) is 6.08 Å². The first-order valence-electron chi connectivity index (χ1n) is 7.59. The average molecular weight is 309 g/mol. The highest BCUT2D eigenvalue weighted by molar-refractivity contribution is 5.81. The van der Waals surface area contributed by atoms with E-state index in [9.17, 15) is 4.39 Å². The number of nitrogens with two attached hydrogens (primary N) is 1. The fraction of sp³-hybridized carbons (Fsp3) is 0.235. The van der Waals surface area contributed by atoms with E-state index in [1.54, 1.807) is 16.8 Å². The number of anilines is 1. The number of imidazole rings is 1. The van der Waals surface area contributed by atoms with Crippen molar-refractivity contribution in [1.29, 1.82) is 0 Å². The van der Waals surface area contributed by atoms with Crippen molar-refractivity contribution in [3.63, 3.8) is 0 Å². The molecule has 3 aromatic rings. The van der Waals surface area contributed by atoms with Crippen LogP contribution in [-0.4, -0.2) is 19.4 Å². The number of fused-ring (bicyclic) bond motifs is 2. The zero-order chi connectivity index (χ0) is 16.0. The van der Waals surface area contributed by atoms with Crippen LogP contribution in [0.25, 0.3) is 11.2 Å². The fourth-order valence-electron chi connectivity index (χ4n) is 3.06. The molecule has 1 aliphatic rings. The van der Waals surface area contributed by atoms with Crippen molar-refractivity contribution in [2.45, 2.75) is 26.2 Å². The van der Waals surface area contributed by atoms with Gasteiger partial charge in [-0.05, 0) is 37.8 Å². The van der Waals surface area contributed by atoms with E-state index in [2.05, 4.69) is 21.0 Å². The number of pyridine rings is 1. The van der Waals surface area contributed by atoms with Gasteiger partial charge in [-0.2, -0.15) is 0 Å². The predicted octanol–water partition coefficient (Wildman–Crippen LogP) is 2.92. The number of halogens is 1. The van der Waals surface area contributed by atoms with E-state index < -0.39 is 0 Å². The zero-order valence-electron chi connectivity index (χ0n) is 12.8. The van der Waals surface area contributed by atoms with Gasteiger partial charge in [-0.15, -0.1) is 0 Å². The van der Waals surface area contributed by atoms with E-state index in [4.69, 9.17) is 5.73 Å². The molecule has 4 rings (SSSR count). The molecule has 116 valence electrons. The molecular weight excluding hydrogens is 293 g/mol. The normalized spacial score (nSPS) is 14.4. The van der Waals surface area contributed by atoms with Gasteiger partial charge >= 0.3 is 0 Å². The molecule has 0 aromatic carbocycles. The van der Waals surface area contributed by atoms with Crippen LogP contribution in [0.5, 0.6) is 0 Å². The van der Waals surface area contributed by atoms with Gasteiger partial charge in [0.15, 0.2) is 11.5 Å². The molecule has 6 heteroatoms. The van der Waals surface area contributed by atoms with Crippen LogP contribution in [0.1, 0.15) is 35.4 Å². The molecule has 0 atom stereocenters. The highest BCUT2D eigenvalue weighted by Gasteiger charge is 2.17. The number of nitrogens with zero attached hydrogens (tertiary/aromatic N) is 4. The highest BCUT2D eigenvalue weighted by Crippen LogP contribution is 2.31. The van der Waals surface area contributed by atoms with Crippen LogP contribution < -0.4 is 5.73 Å². The number of aryl methyl sites for hydroxylation is 2. The van der Waals surface area contributed by atoms with Crippen molar-refractivity contribution < 1.29 is 4.39 Å². The van der Waals surface area contributed by atoms with Gasteiger partial charge in [0.1, 0.15) is 0 Å². The Labute approximate surface area is 132 Å². The van der Waals surface area contributed by atoms with Crippen LogP contribution in [-0.2, 0) is 6.42 Å². The lowest BCUT2D eigenvalue weighted by Crippen LogP contribution is -2.04. The van der Waals surface area contributed by atoms with Crippen molar-refractivity contribution in [2.24, 2.45) is 0 Å². The Morgan fingerprint density at radius 2 is 2.13 bits per heavy atom. The summed E-state index contributed by atoms with van der Waals surface area (Å²) in [5.74, 6) is -0.0595. The quantitative estimate of drug-likeness (QED) is 0.750. The maximum atomic E-state index is 14.4. The van der Waals surface area contributed by atoms with Crippen molar-refractivity contribution in [3.8, 4) is 0 Å². The van der Waals surface area contributed by atoms with E-state index in [1.165, 1.54) is 6.07 Å². The third-order valence-electron chi connectivity index (χ3n) is 4.20. The number of aromatic nitrogens is 4. The molecule has 0 bridgehead atoms. The Morgan fingerprint density at radius 1 is 1.26 bits per heavy atom. The maximum Gasteiger partial charge on any atom is 0.220 e. The topological polar surface area (TPSA) is 69.1 Å². The van der Waals surface area contributed by atoms with Gasteiger partial charge in [0.2, 0.25) is 5.95 Å². The molecular formula is C17H16FN5. The Morgan fingerprint density at radius 3 is 3.00 bits per heavy atom. The zero-order valence-corrected chi connectivity index (χ0v) is 12.8. The summed E-state index contributed by atoms with van der Waals surface area (Å²) >= 11 is 0. The third-order valence-corrected chi connectivity index (χ3v) is 4.20. The fourth-order valence-corrected chi connectivity index (χ4v) is 3.06. The first-order chi connectivity index (χ1) is 11.1. The van der Waals surface area contributed by atoms with Crippen LogP contribution in [0.3, 0.4) is 0 Å². The summed E-state index contributed by atoms with van der Waals surface area (Å²) in [6.45, 7) is 1.91. The molecule has 0 fully saturated rings. The standard InChI is InChI=1S/C17H16FN5/c1-10-7-20-16-14(18)6-11(9-23(10)16)12-4-2-3-5-15-13(12)8-21-17(19)22-15/h4,6-9H,2-3,5H2,1H3,(H2,19,21,22). The summed E-state index contributed by atoms with van der Waals surface area (Å²) in [6, 6.07) is 1.53. The minimum Gasteiger partial charge on any atom is -0.368 e. The van der Waals surface area contributed by atoms with Gasteiger partial charge in [-0.25, -0.2) is 19.3 Å². The van der Waals surface area contributed by atoms with Gasteiger partial charge in [0, 0.05) is 35.4 Å². The molecule has 23 heavy (non-hydrogen) atoms. The van der Waals surface area contributed by atoms with Crippen LogP contribution in [0.15, 0.2) is 30.7 Å². The Bertz CT molecular complexity index is 942. The van der Waals surface area contributed by atoms with Gasteiger partial charge < -0.3 is 10.1 Å². The van der Waals surface area contributed by atoms with Crippen LogP contribution in [0.4, 0.5) is 10.3 Å². The predicted molar refractivity (Wildman–Crippen MR) is 86.3 cm³/mol. The number of rotatable bonds is 1. The summed E-state index contributed by atoms with van der Waals surface area (Å²) in [4.78, 5) is 12.6. The largest absolute Gasteiger partial charge is 0.368 e. The molecule has 5 nitrogen and oxygen atoms in total. The summed E-state index contributed by atoms with van der Waals surface area (Å²) in [5.41, 5.74) is 10.5. The summed E-state index contributed by atoms with van der Waals surface area (Å²) in [6.07, 6.45) is 10.2. The van der Waals surface area contributed by atoms with Crippen molar-refractivity contribution in [1.82, 2.24) is 19.4 Å². The van der Waals surface area contributed by atoms with E-state index in [0.717, 1.165) is 47.4 Å². The van der Waals surface area contributed by atoms with Crippen molar-refractivity contribution in [2.75, 3.05) is 5.73 Å². The molecule has 0 radical (unpaired) electrons. The second kappa shape index (κ2) is 5.15. The molecule has 3 aromatic heterocycles. The lowest BCUT2D eigenvalue weighted by Gasteiger charge is -2.12. The summed E-state index contributed by atoms with van der Waals surface area (Å²) < 4.78 is 16.2. The monoisotopic (exact) mass is 309 g/mol.